The minimum Gasteiger partial charge on any atom is -0.395 e. The van der Waals surface area contributed by atoms with Gasteiger partial charge >= 0.3 is 0 Å². The van der Waals surface area contributed by atoms with Gasteiger partial charge in [0.2, 0.25) is 0 Å². The molecule has 1 saturated heterocycles. The van der Waals surface area contributed by atoms with E-state index in [0.717, 1.165) is 32.1 Å². The van der Waals surface area contributed by atoms with Crippen LogP contribution in [-0.2, 0) is 0 Å². The predicted molar refractivity (Wildman–Crippen MR) is 81.2 cm³/mol. The lowest BCUT2D eigenvalue weighted by Gasteiger charge is -2.44. The smallest absolute Gasteiger partial charge is 0.0602 e. The number of aliphatic hydroxyl groups excluding tert-OH is 1. The third kappa shape index (κ3) is 5.03. The molecular formula is C15H33N3O. The number of hydrogen-bond acceptors (Lipinski definition) is 4. The Bertz CT molecular complexity index is 255. The zero-order valence-electron chi connectivity index (χ0n) is 13.4. The lowest BCUT2D eigenvalue weighted by Crippen LogP contribution is -2.60. The van der Waals surface area contributed by atoms with Crippen molar-refractivity contribution in [3.63, 3.8) is 0 Å². The average Bonchev–Trinajstić information content (AvgIpc) is 2.30. The van der Waals surface area contributed by atoms with Crippen LogP contribution in [0.5, 0.6) is 0 Å². The Hall–Kier alpha value is -0.160. The van der Waals surface area contributed by atoms with Gasteiger partial charge in [-0.2, -0.15) is 0 Å². The van der Waals surface area contributed by atoms with E-state index < -0.39 is 0 Å². The molecule has 0 aromatic rings. The van der Waals surface area contributed by atoms with Crippen molar-refractivity contribution < 1.29 is 5.11 Å². The van der Waals surface area contributed by atoms with Gasteiger partial charge in [0.05, 0.1) is 6.61 Å². The second-order valence-corrected chi connectivity index (χ2v) is 7.37. The first-order chi connectivity index (χ1) is 8.75. The Morgan fingerprint density at radius 1 is 1.11 bits per heavy atom. The number of hydrogen-bond donors (Lipinski definition) is 2. The van der Waals surface area contributed by atoms with E-state index in [4.69, 9.17) is 5.73 Å². The van der Waals surface area contributed by atoms with Gasteiger partial charge in [0.15, 0.2) is 0 Å². The van der Waals surface area contributed by atoms with Gasteiger partial charge in [-0.15, -0.1) is 0 Å². The van der Waals surface area contributed by atoms with Crippen molar-refractivity contribution in [3.05, 3.63) is 0 Å². The van der Waals surface area contributed by atoms with Crippen LogP contribution < -0.4 is 5.73 Å². The second-order valence-electron chi connectivity index (χ2n) is 7.37. The van der Waals surface area contributed by atoms with E-state index in [1.165, 1.54) is 6.54 Å². The summed E-state index contributed by atoms with van der Waals surface area (Å²) in [5, 5.41) is 9.69. The fourth-order valence-corrected chi connectivity index (χ4v) is 2.83. The van der Waals surface area contributed by atoms with Gasteiger partial charge in [-0.05, 0) is 11.3 Å². The van der Waals surface area contributed by atoms with Crippen molar-refractivity contribution in [1.29, 1.82) is 0 Å². The standard InChI is InChI=1S/C15H33N3O/c1-12(2)10-17-6-8-18(9-7-17)13(11-19)14(16)15(3,4)5/h12-14,19H,6-11,16H2,1-5H3. The van der Waals surface area contributed by atoms with Crippen LogP contribution in [-0.4, -0.2) is 66.3 Å². The van der Waals surface area contributed by atoms with E-state index in [0.29, 0.717) is 0 Å². The number of rotatable bonds is 5. The first-order valence-electron chi connectivity index (χ1n) is 7.58. The first-order valence-corrected chi connectivity index (χ1v) is 7.58. The van der Waals surface area contributed by atoms with Crippen LogP contribution in [0.3, 0.4) is 0 Å². The Morgan fingerprint density at radius 3 is 2.00 bits per heavy atom. The van der Waals surface area contributed by atoms with E-state index in [9.17, 15) is 5.11 Å². The van der Waals surface area contributed by atoms with Crippen molar-refractivity contribution in [2.24, 2.45) is 17.1 Å². The lowest BCUT2D eigenvalue weighted by atomic mass is 9.82. The molecule has 0 radical (unpaired) electrons. The quantitative estimate of drug-likeness (QED) is 0.783. The summed E-state index contributed by atoms with van der Waals surface area (Å²) in [6.45, 7) is 16.5. The number of nitrogens with zero attached hydrogens (tertiary/aromatic N) is 2. The van der Waals surface area contributed by atoms with Gasteiger partial charge in [0.1, 0.15) is 0 Å². The molecule has 0 bridgehead atoms. The highest BCUT2D eigenvalue weighted by Crippen LogP contribution is 2.23. The summed E-state index contributed by atoms with van der Waals surface area (Å²) in [6.07, 6.45) is 0. The van der Waals surface area contributed by atoms with Gasteiger partial charge in [-0.25, -0.2) is 0 Å². The highest BCUT2D eigenvalue weighted by Gasteiger charge is 2.33. The highest BCUT2D eigenvalue weighted by molar-refractivity contribution is 4.91. The maximum atomic E-state index is 9.69. The highest BCUT2D eigenvalue weighted by atomic mass is 16.3. The Kier molecular flexibility index (Phi) is 6.24. The molecule has 19 heavy (non-hydrogen) atoms. The molecule has 114 valence electrons. The average molecular weight is 271 g/mol. The normalized spacial score (nSPS) is 22.7. The molecule has 0 spiro atoms. The van der Waals surface area contributed by atoms with Crippen LogP contribution in [0.25, 0.3) is 0 Å². The van der Waals surface area contributed by atoms with Crippen LogP contribution in [0, 0.1) is 11.3 Å². The predicted octanol–water partition coefficient (Wildman–Crippen LogP) is 0.994. The molecule has 1 fully saturated rings. The third-order valence-corrected chi connectivity index (χ3v) is 4.10. The minimum atomic E-state index is 0.00847. The molecule has 2 atom stereocenters. The van der Waals surface area contributed by atoms with Crippen molar-refractivity contribution >= 4 is 0 Å². The molecule has 4 heteroatoms. The summed E-state index contributed by atoms with van der Waals surface area (Å²) in [5.74, 6) is 0.719. The van der Waals surface area contributed by atoms with Gasteiger partial charge in [0, 0.05) is 44.8 Å². The van der Waals surface area contributed by atoms with Gasteiger partial charge in [0.25, 0.3) is 0 Å². The molecule has 0 saturated carbocycles. The van der Waals surface area contributed by atoms with Gasteiger partial charge in [-0.3, -0.25) is 4.90 Å². The van der Waals surface area contributed by atoms with E-state index in [1.54, 1.807) is 0 Å². The topological polar surface area (TPSA) is 52.7 Å². The molecule has 1 heterocycles. The van der Waals surface area contributed by atoms with Gasteiger partial charge in [-0.1, -0.05) is 34.6 Å². The third-order valence-electron chi connectivity index (χ3n) is 4.10. The molecule has 0 aromatic heterocycles. The summed E-state index contributed by atoms with van der Waals surface area (Å²) >= 11 is 0. The summed E-state index contributed by atoms with van der Waals surface area (Å²) < 4.78 is 0. The zero-order valence-corrected chi connectivity index (χ0v) is 13.4. The van der Waals surface area contributed by atoms with Crippen LogP contribution in [0.1, 0.15) is 34.6 Å². The van der Waals surface area contributed by atoms with E-state index >= 15 is 0 Å². The maximum Gasteiger partial charge on any atom is 0.0602 e. The monoisotopic (exact) mass is 271 g/mol. The first kappa shape index (κ1) is 16.9. The Morgan fingerprint density at radius 2 is 1.63 bits per heavy atom. The zero-order chi connectivity index (χ0) is 14.6. The SMILES string of the molecule is CC(C)CN1CCN(C(CO)C(N)C(C)(C)C)CC1. The molecule has 1 aliphatic rings. The molecule has 0 aromatic carbocycles. The molecule has 0 aliphatic carbocycles. The molecule has 2 unspecified atom stereocenters. The largest absolute Gasteiger partial charge is 0.395 e. The van der Waals surface area contributed by atoms with Crippen LogP contribution in [0.2, 0.25) is 0 Å². The van der Waals surface area contributed by atoms with Gasteiger partial charge < -0.3 is 15.7 Å². The van der Waals surface area contributed by atoms with Crippen LogP contribution >= 0.6 is 0 Å². The maximum absolute atomic E-state index is 9.69. The van der Waals surface area contributed by atoms with Crippen LogP contribution in [0.15, 0.2) is 0 Å². The molecule has 1 aliphatic heterocycles. The van der Waals surface area contributed by atoms with Crippen molar-refractivity contribution in [3.8, 4) is 0 Å². The molecular weight excluding hydrogens is 238 g/mol. The second kappa shape index (κ2) is 7.02. The van der Waals surface area contributed by atoms with Crippen molar-refractivity contribution in [2.45, 2.75) is 46.7 Å². The number of piperazine rings is 1. The fourth-order valence-electron chi connectivity index (χ4n) is 2.83. The minimum absolute atomic E-state index is 0.00847. The Balaban J connectivity index is 2.52. The van der Waals surface area contributed by atoms with E-state index in [-0.39, 0.29) is 24.1 Å². The summed E-state index contributed by atoms with van der Waals surface area (Å²) in [7, 11) is 0. The van der Waals surface area contributed by atoms with E-state index in [2.05, 4.69) is 44.4 Å². The van der Waals surface area contributed by atoms with Crippen molar-refractivity contribution in [2.75, 3.05) is 39.3 Å². The summed E-state index contributed by atoms with van der Waals surface area (Å²) in [5.41, 5.74) is 6.37. The fraction of sp³-hybridized carbons (Fsp3) is 1.00. The summed E-state index contributed by atoms with van der Waals surface area (Å²) in [4.78, 5) is 4.88. The van der Waals surface area contributed by atoms with Crippen LogP contribution in [0.4, 0.5) is 0 Å². The van der Waals surface area contributed by atoms with E-state index in [1.807, 2.05) is 0 Å². The molecule has 0 amide bonds. The molecule has 1 rings (SSSR count). The van der Waals surface area contributed by atoms with Crippen molar-refractivity contribution in [1.82, 2.24) is 9.80 Å². The Labute approximate surface area is 118 Å². The number of nitrogens with two attached hydrogens (primary N) is 1. The lowest BCUT2D eigenvalue weighted by molar-refractivity contribution is 0.0301. The molecule has 4 nitrogen and oxygen atoms in total. The number of aliphatic hydroxyl groups is 1. The molecule has 3 N–H and O–H groups in total. The summed E-state index contributed by atoms with van der Waals surface area (Å²) in [6, 6.07) is 0.0929.